The first-order valence-corrected chi connectivity index (χ1v) is 7.92. The molecule has 8 nitrogen and oxygen atoms in total. The van der Waals surface area contributed by atoms with Crippen LogP contribution in [0.15, 0.2) is 12.1 Å². The summed E-state index contributed by atoms with van der Waals surface area (Å²) in [6.45, 7) is 3.14. The fourth-order valence-corrected chi connectivity index (χ4v) is 2.95. The number of nitro groups is 1. The molecule has 0 aliphatic carbocycles. The summed E-state index contributed by atoms with van der Waals surface area (Å²) in [6.07, 6.45) is 2.60. The van der Waals surface area contributed by atoms with E-state index in [4.69, 9.17) is 9.47 Å². The quantitative estimate of drug-likeness (QED) is 0.482. The van der Waals surface area contributed by atoms with E-state index in [0.717, 1.165) is 12.8 Å². The largest absolute Gasteiger partial charge is 0.500 e. The average Bonchev–Trinajstić information content (AvgIpc) is 2.56. The number of carbonyl (C=O) groups is 1. The maximum Gasteiger partial charge on any atom is 0.323 e. The number of phenols is 1. The molecule has 1 fully saturated rings. The van der Waals surface area contributed by atoms with Crippen LogP contribution >= 0.6 is 0 Å². The van der Waals surface area contributed by atoms with Crippen LogP contribution in [0.2, 0.25) is 0 Å². The zero-order chi connectivity index (χ0) is 17.7. The smallest absolute Gasteiger partial charge is 0.323 e. The van der Waals surface area contributed by atoms with Gasteiger partial charge in [-0.15, -0.1) is 0 Å². The summed E-state index contributed by atoms with van der Waals surface area (Å²) in [7, 11) is 1.34. The van der Waals surface area contributed by atoms with Crippen LogP contribution in [-0.2, 0) is 16.1 Å². The van der Waals surface area contributed by atoms with E-state index in [1.54, 1.807) is 13.0 Å². The molecule has 1 N–H and O–H groups in total. The molecule has 1 aromatic rings. The van der Waals surface area contributed by atoms with Crippen LogP contribution in [0, 0.1) is 10.1 Å². The maximum absolute atomic E-state index is 12.1. The number of likely N-dealkylation sites (tertiary alicyclic amines) is 1. The van der Waals surface area contributed by atoms with E-state index in [0.29, 0.717) is 31.7 Å². The molecule has 1 heterocycles. The van der Waals surface area contributed by atoms with Crippen molar-refractivity contribution in [1.82, 2.24) is 4.90 Å². The number of piperidine rings is 1. The monoisotopic (exact) mass is 338 g/mol. The summed E-state index contributed by atoms with van der Waals surface area (Å²) in [5, 5.41) is 20.9. The topological polar surface area (TPSA) is 102 Å². The lowest BCUT2D eigenvalue weighted by Gasteiger charge is -2.33. The highest BCUT2D eigenvalue weighted by Gasteiger charge is 2.30. The molecule has 0 radical (unpaired) electrons. The van der Waals surface area contributed by atoms with E-state index in [-0.39, 0.29) is 17.8 Å². The summed E-state index contributed by atoms with van der Waals surface area (Å²) < 4.78 is 10.1. The van der Waals surface area contributed by atoms with E-state index in [1.807, 2.05) is 4.90 Å². The van der Waals surface area contributed by atoms with Gasteiger partial charge in [0.25, 0.3) is 0 Å². The van der Waals surface area contributed by atoms with Crippen molar-refractivity contribution in [2.45, 2.75) is 38.8 Å². The molecule has 0 spiro atoms. The summed E-state index contributed by atoms with van der Waals surface area (Å²) in [5.74, 6) is -0.715. The second kappa shape index (κ2) is 7.96. The van der Waals surface area contributed by atoms with Gasteiger partial charge in [-0.3, -0.25) is 19.8 Å². The van der Waals surface area contributed by atoms with E-state index >= 15 is 0 Å². The number of hydrogen-bond acceptors (Lipinski definition) is 7. The number of nitro benzene ring substituents is 1. The molecule has 0 aromatic heterocycles. The molecule has 8 heteroatoms. The SMILES string of the molecule is CCOC(=O)[C@H]1CCCCN1Cc1cc(OC)c(O)c([N+](=O)[O-])c1. The van der Waals surface area contributed by atoms with Crippen LogP contribution in [0.25, 0.3) is 0 Å². The lowest BCUT2D eigenvalue weighted by molar-refractivity contribution is -0.386. The van der Waals surface area contributed by atoms with Crippen molar-refractivity contribution in [3.05, 3.63) is 27.8 Å². The highest BCUT2D eigenvalue weighted by molar-refractivity contribution is 5.75. The van der Waals surface area contributed by atoms with Crippen LogP contribution in [-0.4, -0.2) is 47.2 Å². The molecular formula is C16H22N2O6. The molecule has 1 atom stereocenters. The molecule has 0 bridgehead atoms. The van der Waals surface area contributed by atoms with Gasteiger partial charge >= 0.3 is 11.7 Å². The molecule has 132 valence electrons. The third kappa shape index (κ3) is 3.94. The third-order valence-electron chi connectivity index (χ3n) is 4.09. The minimum absolute atomic E-state index is 0.0453. The Morgan fingerprint density at radius 1 is 1.46 bits per heavy atom. The minimum Gasteiger partial charge on any atom is -0.500 e. The van der Waals surface area contributed by atoms with E-state index < -0.39 is 16.4 Å². The van der Waals surface area contributed by atoms with Crippen molar-refractivity contribution in [2.24, 2.45) is 0 Å². The molecule has 2 rings (SSSR count). The Morgan fingerprint density at radius 3 is 2.83 bits per heavy atom. The lowest BCUT2D eigenvalue weighted by atomic mass is 10.0. The summed E-state index contributed by atoms with van der Waals surface area (Å²) in [4.78, 5) is 24.5. The number of aromatic hydroxyl groups is 1. The van der Waals surface area contributed by atoms with E-state index in [1.165, 1.54) is 13.2 Å². The molecule has 1 saturated heterocycles. The molecule has 1 aliphatic rings. The number of rotatable bonds is 6. The highest BCUT2D eigenvalue weighted by Crippen LogP contribution is 2.37. The van der Waals surface area contributed by atoms with Gasteiger partial charge in [0.1, 0.15) is 6.04 Å². The molecule has 0 unspecified atom stereocenters. The minimum atomic E-state index is -0.652. The van der Waals surface area contributed by atoms with Crippen LogP contribution in [0.3, 0.4) is 0 Å². The number of phenolic OH excluding ortho intramolecular Hbond substituents is 1. The first kappa shape index (κ1) is 18.0. The van der Waals surface area contributed by atoms with Gasteiger partial charge in [-0.2, -0.15) is 0 Å². The van der Waals surface area contributed by atoms with Crippen molar-refractivity contribution >= 4 is 11.7 Å². The lowest BCUT2D eigenvalue weighted by Crippen LogP contribution is -2.44. The number of ether oxygens (including phenoxy) is 2. The van der Waals surface area contributed by atoms with Crippen LogP contribution in [0.1, 0.15) is 31.7 Å². The predicted octanol–water partition coefficient (Wildman–Crippen LogP) is 2.23. The Kier molecular flexibility index (Phi) is 5.97. The number of hydrogen-bond donors (Lipinski definition) is 1. The van der Waals surface area contributed by atoms with Gasteiger partial charge in [-0.25, -0.2) is 0 Å². The second-order valence-electron chi connectivity index (χ2n) is 5.66. The molecule has 0 amide bonds. The molecule has 1 aliphatic heterocycles. The van der Waals surface area contributed by atoms with Gasteiger partial charge in [0.2, 0.25) is 5.75 Å². The van der Waals surface area contributed by atoms with Gasteiger partial charge in [-0.1, -0.05) is 6.42 Å². The van der Waals surface area contributed by atoms with E-state index in [2.05, 4.69) is 0 Å². The molecule has 24 heavy (non-hydrogen) atoms. The summed E-state index contributed by atoms with van der Waals surface area (Å²) in [5.41, 5.74) is 0.196. The van der Waals surface area contributed by atoms with Gasteiger partial charge in [-0.05, 0) is 37.9 Å². The van der Waals surface area contributed by atoms with Gasteiger partial charge in [0, 0.05) is 12.6 Å². The highest BCUT2D eigenvalue weighted by atomic mass is 16.6. The van der Waals surface area contributed by atoms with Crippen LogP contribution in [0.4, 0.5) is 5.69 Å². The Balaban J connectivity index is 2.26. The van der Waals surface area contributed by atoms with Crippen molar-refractivity contribution in [3.63, 3.8) is 0 Å². The second-order valence-corrected chi connectivity index (χ2v) is 5.66. The Hall–Kier alpha value is -2.35. The van der Waals surface area contributed by atoms with Gasteiger partial charge < -0.3 is 14.6 Å². The predicted molar refractivity (Wildman–Crippen MR) is 86.0 cm³/mol. The van der Waals surface area contributed by atoms with Crippen LogP contribution < -0.4 is 4.74 Å². The van der Waals surface area contributed by atoms with Crippen molar-refractivity contribution in [1.29, 1.82) is 0 Å². The summed E-state index contributed by atoms with van der Waals surface area (Å²) in [6, 6.07) is 2.52. The number of benzene rings is 1. The molecule has 1 aromatic carbocycles. The Bertz CT molecular complexity index is 619. The number of esters is 1. The van der Waals surface area contributed by atoms with Gasteiger partial charge in [0.05, 0.1) is 18.6 Å². The first-order chi connectivity index (χ1) is 11.5. The van der Waals surface area contributed by atoms with Crippen LogP contribution in [0.5, 0.6) is 11.5 Å². The van der Waals surface area contributed by atoms with E-state index in [9.17, 15) is 20.0 Å². The Labute approximate surface area is 140 Å². The standard InChI is InChI=1S/C16H22N2O6/c1-3-24-16(20)12-6-4-5-7-17(12)10-11-8-13(18(21)22)15(19)14(9-11)23-2/h8-9,12,19H,3-7,10H2,1-2H3/t12-/m1/s1. The van der Waals surface area contributed by atoms with Crippen molar-refractivity contribution in [2.75, 3.05) is 20.3 Å². The first-order valence-electron chi connectivity index (χ1n) is 7.92. The Morgan fingerprint density at radius 2 is 2.21 bits per heavy atom. The molecular weight excluding hydrogens is 316 g/mol. The fourth-order valence-electron chi connectivity index (χ4n) is 2.95. The normalized spacial score (nSPS) is 18.2. The van der Waals surface area contributed by atoms with Crippen molar-refractivity contribution < 1.29 is 24.3 Å². The summed E-state index contributed by atoms with van der Waals surface area (Å²) >= 11 is 0. The maximum atomic E-state index is 12.1. The zero-order valence-corrected chi connectivity index (χ0v) is 13.9. The average molecular weight is 338 g/mol. The number of methoxy groups -OCH3 is 1. The number of carbonyl (C=O) groups excluding carboxylic acids is 1. The molecule has 0 saturated carbocycles. The zero-order valence-electron chi connectivity index (χ0n) is 13.9. The number of nitrogens with zero attached hydrogens (tertiary/aromatic N) is 2. The third-order valence-corrected chi connectivity index (χ3v) is 4.09. The van der Waals surface area contributed by atoms with Crippen molar-refractivity contribution in [3.8, 4) is 11.5 Å². The van der Waals surface area contributed by atoms with Gasteiger partial charge in [0.15, 0.2) is 5.75 Å². The fraction of sp³-hybridized carbons (Fsp3) is 0.562.